The van der Waals surface area contributed by atoms with Gasteiger partial charge in [0.25, 0.3) is 5.91 Å². The molecule has 140 valence electrons. The third kappa shape index (κ3) is 4.91. The number of rotatable bonds is 6. The van der Waals surface area contributed by atoms with Gasteiger partial charge >= 0.3 is 5.97 Å². The normalized spacial score (nSPS) is 16.3. The van der Waals surface area contributed by atoms with Crippen LogP contribution in [0.25, 0.3) is 0 Å². The molecule has 0 unspecified atom stereocenters. The number of carbonyl (C=O) groups excluding carboxylic acids is 3. The van der Waals surface area contributed by atoms with Crippen LogP contribution in [-0.4, -0.2) is 35.8 Å². The SMILES string of the molecule is O=C(COC(=O)[C@H]1CC(=O)N(Cc2ccccc2)C1)Nc1ccccc1F. The second-order valence-corrected chi connectivity index (χ2v) is 6.30. The van der Waals surface area contributed by atoms with E-state index >= 15 is 0 Å². The zero-order valence-corrected chi connectivity index (χ0v) is 14.6. The van der Waals surface area contributed by atoms with Gasteiger partial charge in [-0.15, -0.1) is 0 Å². The van der Waals surface area contributed by atoms with Crippen LogP contribution < -0.4 is 5.32 Å². The molecular weight excluding hydrogens is 351 g/mol. The summed E-state index contributed by atoms with van der Waals surface area (Å²) in [6.45, 7) is 0.148. The highest BCUT2D eigenvalue weighted by Crippen LogP contribution is 2.21. The molecule has 1 aliphatic heterocycles. The summed E-state index contributed by atoms with van der Waals surface area (Å²) in [5, 5.41) is 2.34. The van der Waals surface area contributed by atoms with Gasteiger partial charge in [0.1, 0.15) is 5.82 Å². The Morgan fingerprint density at radius 3 is 2.56 bits per heavy atom. The maximum Gasteiger partial charge on any atom is 0.311 e. The highest BCUT2D eigenvalue weighted by Gasteiger charge is 2.35. The highest BCUT2D eigenvalue weighted by atomic mass is 19.1. The number of hydrogen-bond donors (Lipinski definition) is 1. The number of nitrogens with one attached hydrogen (secondary N) is 1. The molecule has 0 bridgehead atoms. The van der Waals surface area contributed by atoms with Crippen LogP contribution in [0.3, 0.4) is 0 Å². The number of benzene rings is 2. The molecule has 0 aliphatic carbocycles. The number of ether oxygens (including phenoxy) is 1. The second kappa shape index (κ2) is 8.44. The third-order valence-electron chi connectivity index (χ3n) is 4.26. The van der Waals surface area contributed by atoms with Crippen LogP contribution in [0.2, 0.25) is 0 Å². The first kappa shape index (κ1) is 18.6. The van der Waals surface area contributed by atoms with E-state index in [0.717, 1.165) is 5.56 Å². The molecule has 1 heterocycles. The largest absolute Gasteiger partial charge is 0.455 e. The fourth-order valence-electron chi connectivity index (χ4n) is 2.89. The molecule has 7 heteroatoms. The van der Waals surface area contributed by atoms with Crippen molar-refractivity contribution >= 4 is 23.5 Å². The van der Waals surface area contributed by atoms with Gasteiger partial charge in [-0.25, -0.2) is 4.39 Å². The van der Waals surface area contributed by atoms with Crippen LogP contribution >= 0.6 is 0 Å². The number of anilines is 1. The van der Waals surface area contributed by atoms with Crippen molar-refractivity contribution in [3.63, 3.8) is 0 Å². The summed E-state index contributed by atoms with van der Waals surface area (Å²) in [6, 6.07) is 15.2. The average molecular weight is 370 g/mol. The summed E-state index contributed by atoms with van der Waals surface area (Å²) >= 11 is 0. The number of para-hydroxylation sites is 1. The van der Waals surface area contributed by atoms with E-state index in [9.17, 15) is 18.8 Å². The number of amides is 2. The average Bonchev–Trinajstić information content (AvgIpc) is 3.03. The fraction of sp³-hybridized carbons (Fsp3) is 0.250. The predicted octanol–water partition coefficient (Wildman–Crippen LogP) is 2.36. The molecule has 27 heavy (non-hydrogen) atoms. The predicted molar refractivity (Wildman–Crippen MR) is 96.0 cm³/mol. The van der Waals surface area contributed by atoms with Crippen molar-refractivity contribution in [1.29, 1.82) is 0 Å². The van der Waals surface area contributed by atoms with E-state index in [0.29, 0.717) is 6.54 Å². The molecule has 0 spiro atoms. The van der Waals surface area contributed by atoms with Gasteiger partial charge in [-0.1, -0.05) is 42.5 Å². The van der Waals surface area contributed by atoms with Crippen molar-refractivity contribution in [2.24, 2.45) is 5.92 Å². The van der Waals surface area contributed by atoms with Crippen molar-refractivity contribution in [2.75, 3.05) is 18.5 Å². The summed E-state index contributed by atoms with van der Waals surface area (Å²) in [5.74, 6) is -2.56. The van der Waals surface area contributed by atoms with Crippen molar-refractivity contribution < 1.29 is 23.5 Å². The van der Waals surface area contributed by atoms with Crippen molar-refractivity contribution in [2.45, 2.75) is 13.0 Å². The standard InChI is InChI=1S/C20H19FN2O4/c21-16-8-4-5-9-17(16)22-18(24)13-27-20(26)15-10-19(25)23(12-15)11-14-6-2-1-3-7-14/h1-9,15H,10-13H2,(H,22,24)/t15-/m0/s1. The van der Waals surface area contributed by atoms with Gasteiger partial charge < -0.3 is 15.0 Å². The van der Waals surface area contributed by atoms with Crippen LogP contribution in [0.5, 0.6) is 0 Å². The molecule has 1 saturated heterocycles. The van der Waals surface area contributed by atoms with Crippen LogP contribution in [0.1, 0.15) is 12.0 Å². The van der Waals surface area contributed by atoms with Gasteiger partial charge in [0, 0.05) is 19.5 Å². The summed E-state index contributed by atoms with van der Waals surface area (Å²) in [7, 11) is 0. The van der Waals surface area contributed by atoms with Gasteiger partial charge in [-0.2, -0.15) is 0 Å². The quantitative estimate of drug-likeness (QED) is 0.792. The minimum atomic E-state index is -0.640. The molecule has 1 N–H and O–H groups in total. The molecular formula is C20H19FN2O4. The minimum absolute atomic E-state index is 0.0172. The molecule has 6 nitrogen and oxygen atoms in total. The molecule has 3 rings (SSSR count). The molecule has 2 aromatic rings. The molecule has 2 aromatic carbocycles. The molecule has 0 saturated carbocycles. The topological polar surface area (TPSA) is 75.7 Å². The number of halogens is 1. The molecule has 1 fully saturated rings. The first-order valence-electron chi connectivity index (χ1n) is 8.55. The summed E-state index contributed by atoms with van der Waals surface area (Å²) in [6.07, 6.45) is 0.0562. The van der Waals surface area contributed by atoms with Gasteiger partial charge in [-0.05, 0) is 17.7 Å². The first-order chi connectivity index (χ1) is 13.0. The second-order valence-electron chi connectivity index (χ2n) is 6.30. The zero-order valence-electron chi connectivity index (χ0n) is 14.6. The van der Waals surface area contributed by atoms with Crippen LogP contribution in [0.15, 0.2) is 54.6 Å². The van der Waals surface area contributed by atoms with Crippen molar-refractivity contribution in [3.05, 3.63) is 66.0 Å². The van der Waals surface area contributed by atoms with Gasteiger partial charge in [-0.3, -0.25) is 14.4 Å². The van der Waals surface area contributed by atoms with Crippen molar-refractivity contribution in [1.82, 2.24) is 4.90 Å². The zero-order chi connectivity index (χ0) is 19.2. The van der Waals surface area contributed by atoms with Crippen molar-refractivity contribution in [3.8, 4) is 0 Å². The molecule has 0 aromatic heterocycles. The lowest BCUT2D eigenvalue weighted by Gasteiger charge is -2.16. The maximum absolute atomic E-state index is 13.5. The third-order valence-corrected chi connectivity index (χ3v) is 4.26. The Morgan fingerprint density at radius 2 is 1.81 bits per heavy atom. The number of carbonyl (C=O) groups is 3. The molecule has 1 atom stereocenters. The Labute approximate surface area is 155 Å². The van der Waals surface area contributed by atoms with E-state index in [1.54, 1.807) is 11.0 Å². The summed E-state index contributed by atoms with van der Waals surface area (Å²) in [5.41, 5.74) is 0.993. The smallest absolute Gasteiger partial charge is 0.311 e. The number of hydrogen-bond acceptors (Lipinski definition) is 4. The Kier molecular flexibility index (Phi) is 5.80. The lowest BCUT2D eigenvalue weighted by molar-refractivity contribution is -0.151. The van der Waals surface area contributed by atoms with Gasteiger partial charge in [0.05, 0.1) is 11.6 Å². The van der Waals surface area contributed by atoms with E-state index < -0.39 is 30.2 Å². The lowest BCUT2D eigenvalue weighted by Crippen LogP contribution is -2.28. The summed E-state index contributed by atoms with van der Waals surface area (Å²) in [4.78, 5) is 37.7. The lowest BCUT2D eigenvalue weighted by atomic mass is 10.1. The number of nitrogens with zero attached hydrogens (tertiary/aromatic N) is 1. The Bertz CT molecular complexity index is 841. The van der Waals surface area contributed by atoms with E-state index in [2.05, 4.69) is 5.32 Å². The number of esters is 1. The Hall–Kier alpha value is -3.22. The Balaban J connectivity index is 1.48. The van der Waals surface area contributed by atoms with E-state index in [-0.39, 0.29) is 24.6 Å². The molecule has 2 amide bonds. The van der Waals surface area contributed by atoms with Gasteiger partial charge in [0.2, 0.25) is 5.91 Å². The Morgan fingerprint density at radius 1 is 1.11 bits per heavy atom. The van der Waals surface area contributed by atoms with Crippen LogP contribution in [0, 0.1) is 11.7 Å². The molecule has 0 radical (unpaired) electrons. The highest BCUT2D eigenvalue weighted by molar-refractivity contribution is 5.93. The van der Waals surface area contributed by atoms with E-state index in [4.69, 9.17) is 4.74 Å². The number of likely N-dealkylation sites (tertiary alicyclic amines) is 1. The van der Waals surface area contributed by atoms with E-state index in [1.165, 1.54) is 18.2 Å². The van der Waals surface area contributed by atoms with Gasteiger partial charge in [0.15, 0.2) is 6.61 Å². The molecule has 1 aliphatic rings. The van der Waals surface area contributed by atoms with Crippen LogP contribution in [0.4, 0.5) is 10.1 Å². The maximum atomic E-state index is 13.5. The minimum Gasteiger partial charge on any atom is -0.455 e. The first-order valence-corrected chi connectivity index (χ1v) is 8.55. The van der Waals surface area contributed by atoms with Crippen LogP contribution in [-0.2, 0) is 25.7 Å². The monoisotopic (exact) mass is 370 g/mol. The summed E-state index contributed by atoms with van der Waals surface area (Å²) < 4.78 is 18.5. The van der Waals surface area contributed by atoms with E-state index in [1.807, 2.05) is 30.3 Å². The fourth-order valence-corrected chi connectivity index (χ4v) is 2.89.